The molecule has 0 aliphatic heterocycles. The summed E-state index contributed by atoms with van der Waals surface area (Å²) in [6.45, 7) is 5.20. The first kappa shape index (κ1) is 11.3. The topological polar surface area (TPSA) is 43.6 Å². The van der Waals surface area contributed by atoms with Crippen LogP contribution in [0.25, 0.3) is 0 Å². The summed E-state index contributed by atoms with van der Waals surface area (Å²) in [6, 6.07) is 0. The number of nitrogens with zero attached hydrogens (tertiary/aromatic N) is 4. The summed E-state index contributed by atoms with van der Waals surface area (Å²) in [6.07, 6.45) is 5.55. The van der Waals surface area contributed by atoms with E-state index in [2.05, 4.69) is 34.3 Å². The van der Waals surface area contributed by atoms with E-state index in [0.29, 0.717) is 0 Å². The maximum Gasteiger partial charge on any atom is 0.137 e. The van der Waals surface area contributed by atoms with Crippen LogP contribution in [0.2, 0.25) is 0 Å². The molecule has 16 heavy (non-hydrogen) atoms. The smallest absolute Gasteiger partial charge is 0.137 e. The van der Waals surface area contributed by atoms with Crippen LogP contribution in [0.4, 0.5) is 0 Å². The van der Waals surface area contributed by atoms with Gasteiger partial charge in [-0.15, -0.1) is 11.3 Å². The van der Waals surface area contributed by atoms with Crippen LogP contribution in [0.1, 0.15) is 31.0 Å². The molecular formula is C11H16N4S. The standard InChI is InChI=1S/C11H16N4S/c1-9(2)3-4-11-14-10(6-16-11)5-15-8-12-7-13-15/h6-9H,3-5H2,1-2H3. The number of thiazole rings is 1. The highest BCUT2D eigenvalue weighted by Gasteiger charge is 2.04. The van der Waals surface area contributed by atoms with E-state index >= 15 is 0 Å². The Morgan fingerprint density at radius 1 is 1.44 bits per heavy atom. The van der Waals surface area contributed by atoms with E-state index in [1.165, 1.54) is 11.4 Å². The van der Waals surface area contributed by atoms with Crippen molar-refractivity contribution in [3.05, 3.63) is 28.7 Å². The van der Waals surface area contributed by atoms with Gasteiger partial charge in [0.15, 0.2) is 0 Å². The summed E-state index contributed by atoms with van der Waals surface area (Å²) in [7, 11) is 0. The molecule has 0 amide bonds. The average molecular weight is 236 g/mol. The van der Waals surface area contributed by atoms with Gasteiger partial charge in [0.2, 0.25) is 0 Å². The SMILES string of the molecule is CC(C)CCc1nc(Cn2cncn2)cs1. The molecule has 2 heterocycles. The van der Waals surface area contributed by atoms with Crippen LogP contribution in [0.5, 0.6) is 0 Å². The highest BCUT2D eigenvalue weighted by Crippen LogP contribution is 2.14. The Kier molecular flexibility index (Phi) is 3.66. The second-order valence-electron chi connectivity index (χ2n) is 4.26. The normalized spacial score (nSPS) is 11.2. The number of hydrogen-bond donors (Lipinski definition) is 0. The number of rotatable bonds is 5. The van der Waals surface area contributed by atoms with E-state index in [9.17, 15) is 0 Å². The van der Waals surface area contributed by atoms with E-state index in [4.69, 9.17) is 0 Å². The van der Waals surface area contributed by atoms with Crippen LogP contribution in [-0.2, 0) is 13.0 Å². The van der Waals surface area contributed by atoms with Gasteiger partial charge < -0.3 is 0 Å². The van der Waals surface area contributed by atoms with E-state index in [0.717, 1.165) is 24.6 Å². The predicted molar refractivity (Wildman–Crippen MR) is 64.4 cm³/mol. The summed E-state index contributed by atoms with van der Waals surface area (Å²) in [5.74, 6) is 0.739. The third-order valence-corrected chi connectivity index (χ3v) is 3.28. The van der Waals surface area contributed by atoms with Gasteiger partial charge in [-0.3, -0.25) is 0 Å². The molecular weight excluding hydrogens is 220 g/mol. The summed E-state index contributed by atoms with van der Waals surface area (Å²) in [5, 5.41) is 7.40. The molecule has 0 radical (unpaired) electrons. The lowest BCUT2D eigenvalue weighted by Crippen LogP contribution is -2.00. The largest absolute Gasteiger partial charge is 0.247 e. The van der Waals surface area contributed by atoms with Crippen LogP contribution in [0, 0.1) is 5.92 Å². The number of aromatic nitrogens is 4. The second-order valence-corrected chi connectivity index (χ2v) is 5.20. The van der Waals surface area contributed by atoms with Crippen molar-refractivity contribution >= 4 is 11.3 Å². The first-order valence-corrected chi connectivity index (χ1v) is 6.37. The maximum absolute atomic E-state index is 4.59. The Morgan fingerprint density at radius 3 is 3.00 bits per heavy atom. The molecule has 0 atom stereocenters. The fraction of sp³-hybridized carbons (Fsp3) is 0.545. The van der Waals surface area contributed by atoms with Gasteiger partial charge in [0, 0.05) is 5.38 Å². The highest BCUT2D eigenvalue weighted by atomic mass is 32.1. The van der Waals surface area contributed by atoms with E-state index < -0.39 is 0 Å². The van der Waals surface area contributed by atoms with Crippen molar-refractivity contribution in [1.82, 2.24) is 19.7 Å². The van der Waals surface area contributed by atoms with Gasteiger partial charge in [-0.1, -0.05) is 13.8 Å². The van der Waals surface area contributed by atoms with Crippen molar-refractivity contribution in [2.24, 2.45) is 5.92 Å². The van der Waals surface area contributed by atoms with Crippen LogP contribution in [0.3, 0.4) is 0 Å². The van der Waals surface area contributed by atoms with Crippen molar-refractivity contribution < 1.29 is 0 Å². The first-order chi connectivity index (χ1) is 7.74. The zero-order valence-corrected chi connectivity index (χ0v) is 10.4. The lowest BCUT2D eigenvalue weighted by Gasteiger charge is -2.00. The van der Waals surface area contributed by atoms with Gasteiger partial charge in [0.1, 0.15) is 12.7 Å². The Hall–Kier alpha value is -1.23. The summed E-state index contributed by atoms with van der Waals surface area (Å²) in [4.78, 5) is 8.50. The van der Waals surface area contributed by atoms with Gasteiger partial charge in [-0.25, -0.2) is 14.6 Å². The van der Waals surface area contributed by atoms with E-state index in [1.54, 1.807) is 28.7 Å². The summed E-state index contributed by atoms with van der Waals surface area (Å²) in [5.41, 5.74) is 1.08. The van der Waals surface area contributed by atoms with Crippen molar-refractivity contribution in [3.8, 4) is 0 Å². The Bertz CT molecular complexity index is 419. The molecule has 0 fully saturated rings. The lowest BCUT2D eigenvalue weighted by atomic mass is 10.1. The molecule has 2 aromatic rings. The van der Waals surface area contributed by atoms with Gasteiger partial charge in [0.05, 0.1) is 17.2 Å². The fourth-order valence-corrected chi connectivity index (χ4v) is 2.23. The predicted octanol–water partition coefficient (Wildman–Crippen LogP) is 2.37. The minimum atomic E-state index is 0.720. The molecule has 0 saturated carbocycles. The van der Waals surface area contributed by atoms with Crippen LogP contribution >= 0.6 is 11.3 Å². The molecule has 2 rings (SSSR count). The van der Waals surface area contributed by atoms with Crippen molar-refractivity contribution in [1.29, 1.82) is 0 Å². The van der Waals surface area contributed by atoms with Gasteiger partial charge in [0.25, 0.3) is 0 Å². The zero-order chi connectivity index (χ0) is 11.4. The molecule has 0 bridgehead atoms. The molecule has 86 valence electrons. The maximum atomic E-state index is 4.59. The Balaban J connectivity index is 1.92. The highest BCUT2D eigenvalue weighted by molar-refractivity contribution is 7.09. The molecule has 0 aromatic carbocycles. The van der Waals surface area contributed by atoms with Gasteiger partial charge in [-0.05, 0) is 18.8 Å². The van der Waals surface area contributed by atoms with E-state index in [1.807, 2.05) is 0 Å². The second kappa shape index (κ2) is 5.21. The molecule has 0 aliphatic rings. The summed E-state index contributed by atoms with van der Waals surface area (Å²) < 4.78 is 1.79. The van der Waals surface area contributed by atoms with Crippen molar-refractivity contribution in [2.75, 3.05) is 0 Å². The fourth-order valence-electron chi connectivity index (χ4n) is 1.43. The quantitative estimate of drug-likeness (QED) is 0.800. The minimum absolute atomic E-state index is 0.720. The molecule has 0 unspecified atom stereocenters. The van der Waals surface area contributed by atoms with Crippen LogP contribution < -0.4 is 0 Å². The third-order valence-electron chi connectivity index (χ3n) is 2.33. The first-order valence-electron chi connectivity index (χ1n) is 5.49. The van der Waals surface area contributed by atoms with Crippen molar-refractivity contribution in [3.63, 3.8) is 0 Å². The average Bonchev–Trinajstić information content (AvgIpc) is 2.87. The Labute approximate surface area is 99.4 Å². The van der Waals surface area contributed by atoms with E-state index in [-0.39, 0.29) is 0 Å². The molecule has 0 spiro atoms. The van der Waals surface area contributed by atoms with Crippen LogP contribution in [-0.4, -0.2) is 19.7 Å². The summed E-state index contributed by atoms with van der Waals surface area (Å²) >= 11 is 1.74. The Morgan fingerprint density at radius 2 is 2.31 bits per heavy atom. The number of aryl methyl sites for hydroxylation is 1. The van der Waals surface area contributed by atoms with Gasteiger partial charge >= 0.3 is 0 Å². The number of hydrogen-bond acceptors (Lipinski definition) is 4. The lowest BCUT2D eigenvalue weighted by molar-refractivity contribution is 0.584. The minimum Gasteiger partial charge on any atom is -0.247 e. The molecule has 0 aliphatic carbocycles. The molecule has 2 aromatic heterocycles. The molecule has 0 N–H and O–H groups in total. The molecule has 5 heteroatoms. The third kappa shape index (κ3) is 3.13. The molecule has 0 saturated heterocycles. The van der Waals surface area contributed by atoms with Crippen molar-refractivity contribution in [2.45, 2.75) is 33.2 Å². The monoisotopic (exact) mass is 236 g/mol. The van der Waals surface area contributed by atoms with Gasteiger partial charge in [-0.2, -0.15) is 5.10 Å². The zero-order valence-electron chi connectivity index (χ0n) is 9.63. The van der Waals surface area contributed by atoms with Crippen LogP contribution in [0.15, 0.2) is 18.0 Å². The molecule has 4 nitrogen and oxygen atoms in total.